The van der Waals surface area contributed by atoms with Gasteiger partial charge in [-0.1, -0.05) is 18.2 Å². The van der Waals surface area contributed by atoms with E-state index in [1.54, 1.807) is 35.7 Å². The molecule has 23 heavy (non-hydrogen) atoms. The highest BCUT2D eigenvalue weighted by molar-refractivity contribution is 7.91. The Kier molecular flexibility index (Phi) is 5.87. The third kappa shape index (κ3) is 5.17. The minimum Gasteiger partial charge on any atom is -0.461 e. The van der Waals surface area contributed by atoms with Crippen LogP contribution in [0, 0.1) is 11.3 Å². The Morgan fingerprint density at radius 2 is 2.00 bits per heavy atom. The predicted octanol–water partition coefficient (Wildman–Crippen LogP) is 2.03. The molecule has 8 heteroatoms. The lowest BCUT2D eigenvalue weighted by molar-refractivity contribution is -0.144. The van der Waals surface area contributed by atoms with Crippen LogP contribution in [-0.2, 0) is 26.2 Å². The van der Waals surface area contributed by atoms with Crippen LogP contribution >= 0.6 is 11.3 Å². The Hall–Kier alpha value is -2.21. The molecule has 0 fully saturated rings. The minimum absolute atomic E-state index is 0.0214. The van der Waals surface area contributed by atoms with E-state index < -0.39 is 16.0 Å². The monoisotopic (exact) mass is 350 g/mol. The van der Waals surface area contributed by atoms with E-state index in [9.17, 15) is 13.2 Å². The molecule has 0 atom stereocenters. The van der Waals surface area contributed by atoms with Gasteiger partial charge in [0.1, 0.15) is 10.8 Å². The fraction of sp³-hybridized carbons (Fsp3) is 0.200. The van der Waals surface area contributed by atoms with Crippen LogP contribution in [0.2, 0.25) is 0 Å². The average Bonchev–Trinajstić information content (AvgIpc) is 3.08. The van der Waals surface area contributed by atoms with Crippen molar-refractivity contribution in [1.82, 2.24) is 4.72 Å². The fourth-order valence-electron chi connectivity index (χ4n) is 1.69. The number of thiophene rings is 1. The van der Waals surface area contributed by atoms with E-state index in [0.717, 1.165) is 16.9 Å². The molecule has 0 bridgehead atoms. The first-order chi connectivity index (χ1) is 11.0. The van der Waals surface area contributed by atoms with Crippen molar-refractivity contribution in [2.24, 2.45) is 0 Å². The lowest BCUT2D eigenvalue weighted by atomic mass is 10.2. The third-order valence-corrected chi connectivity index (χ3v) is 5.72. The number of nitriles is 1. The molecule has 2 rings (SSSR count). The quantitative estimate of drug-likeness (QED) is 0.771. The van der Waals surface area contributed by atoms with Crippen molar-refractivity contribution in [3.05, 3.63) is 52.9 Å². The first-order valence-electron chi connectivity index (χ1n) is 6.69. The van der Waals surface area contributed by atoms with Crippen molar-refractivity contribution in [3.63, 3.8) is 0 Å². The summed E-state index contributed by atoms with van der Waals surface area (Å²) in [6.45, 7) is 0.0641. The molecule has 0 saturated heterocycles. The van der Waals surface area contributed by atoms with Crippen molar-refractivity contribution < 1.29 is 17.9 Å². The van der Waals surface area contributed by atoms with Gasteiger partial charge in [0.25, 0.3) is 0 Å². The van der Waals surface area contributed by atoms with Crippen LogP contribution in [0.5, 0.6) is 0 Å². The summed E-state index contributed by atoms with van der Waals surface area (Å²) in [6, 6.07) is 11.8. The van der Waals surface area contributed by atoms with Crippen molar-refractivity contribution in [2.45, 2.75) is 17.2 Å². The molecule has 0 aliphatic rings. The number of hydrogen-bond acceptors (Lipinski definition) is 6. The Morgan fingerprint density at radius 1 is 1.26 bits per heavy atom. The second-order valence-corrected chi connectivity index (χ2v) is 7.49. The number of carbonyl (C=O) groups excluding carboxylic acids is 1. The summed E-state index contributed by atoms with van der Waals surface area (Å²) in [5, 5.41) is 10.4. The summed E-state index contributed by atoms with van der Waals surface area (Å²) < 4.78 is 31.3. The predicted molar refractivity (Wildman–Crippen MR) is 85.1 cm³/mol. The van der Waals surface area contributed by atoms with Crippen molar-refractivity contribution in [1.29, 1.82) is 5.26 Å². The van der Waals surface area contributed by atoms with Gasteiger partial charge < -0.3 is 4.74 Å². The molecule has 1 aromatic heterocycles. The van der Waals surface area contributed by atoms with E-state index in [1.165, 1.54) is 6.07 Å². The van der Waals surface area contributed by atoms with E-state index in [0.29, 0.717) is 5.56 Å². The molecule has 6 nitrogen and oxygen atoms in total. The van der Waals surface area contributed by atoms with Crippen molar-refractivity contribution in [2.75, 3.05) is 6.54 Å². The van der Waals surface area contributed by atoms with Gasteiger partial charge in [-0.2, -0.15) is 5.26 Å². The molecule has 0 saturated carbocycles. The van der Waals surface area contributed by atoms with Gasteiger partial charge in [0.15, 0.2) is 0 Å². The molecule has 0 radical (unpaired) electrons. The van der Waals surface area contributed by atoms with E-state index in [1.807, 2.05) is 6.07 Å². The molecule has 0 spiro atoms. The number of sulfonamides is 1. The van der Waals surface area contributed by atoms with Crippen LogP contribution in [0.15, 0.2) is 46.0 Å². The summed E-state index contributed by atoms with van der Waals surface area (Å²) in [5.74, 6) is -0.497. The number of rotatable bonds is 7. The van der Waals surface area contributed by atoms with Gasteiger partial charge in [-0.15, -0.1) is 11.3 Å². The lowest BCUT2D eigenvalue weighted by Gasteiger charge is -2.06. The maximum atomic E-state index is 11.8. The summed E-state index contributed by atoms with van der Waals surface area (Å²) in [6.07, 6.45) is -0.0547. The highest BCUT2D eigenvalue weighted by Gasteiger charge is 2.15. The summed E-state index contributed by atoms with van der Waals surface area (Å²) in [7, 11) is -3.56. The molecule has 1 aromatic carbocycles. The summed E-state index contributed by atoms with van der Waals surface area (Å²) >= 11 is 1.11. The van der Waals surface area contributed by atoms with Crippen LogP contribution in [-0.4, -0.2) is 20.9 Å². The molecular formula is C15H14N2O4S2. The van der Waals surface area contributed by atoms with Gasteiger partial charge in [-0.3, -0.25) is 4.79 Å². The fourth-order valence-corrected chi connectivity index (χ4v) is 3.76. The maximum absolute atomic E-state index is 11.8. The van der Waals surface area contributed by atoms with E-state index in [-0.39, 0.29) is 23.8 Å². The standard InChI is InChI=1S/C15H14N2O4S2/c16-10-12-3-5-13(6-4-12)11-21-14(18)7-8-17-23(19,20)15-2-1-9-22-15/h1-6,9,17H,7-8,11H2. The number of nitrogens with zero attached hydrogens (tertiary/aromatic N) is 1. The zero-order valence-electron chi connectivity index (χ0n) is 12.1. The highest BCUT2D eigenvalue weighted by atomic mass is 32.2. The molecule has 0 amide bonds. The molecule has 1 heterocycles. The smallest absolute Gasteiger partial charge is 0.307 e. The molecule has 0 aliphatic heterocycles. The molecule has 2 aromatic rings. The van der Waals surface area contributed by atoms with Crippen LogP contribution < -0.4 is 4.72 Å². The average molecular weight is 350 g/mol. The van der Waals surface area contributed by atoms with E-state index in [4.69, 9.17) is 10.00 Å². The van der Waals surface area contributed by atoms with Gasteiger partial charge in [0.2, 0.25) is 10.0 Å². The van der Waals surface area contributed by atoms with Crippen LogP contribution in [0.3, 0.4) is 0 Å². The SMILES string of the molecule is N#Cc1ccc(COC(=O)CCNS(=O)(=O)c2cccs2)cc1. The number of esters is 1. The van der Waals surface area contributed by atoms with E-state index >= 15 is 0 Å². The summed E-state index contributed by atoms with van der Waals surface area (Å²) in [4.78, 5) is 11.6. The van der Waals surface area contributed by atoms with Gasteiger partial charge in [0.05, 0.1) is 18.1 Å². The largest absolute Gasteiger partial charge is 0.461 e. The van der Waals surface area contributed by atoms with E-state index in [2.05, 4.69) is 4.72 Å². The van der Waals surface area contributed by atoms with Gasteiger partial charge in [-0.05, 0) is 29.1 Å². The Morgan fingerprint density at radius 3 is 2.61 bits per heavy atom. The third-order valence-electron chi connectivity index (χ3n) is 2.86. The van der Waals surface area contributed by atoms with Gasteiger partial charge in [0, 0.05) is 6.54 Å². The molecule has 120 valence electrons. The number of ether oxygens (including phenoxy) is 1. The lowest BCUT2D eigenvalue weighted by Crippen LogP contribution is -2.26. The normalized spacial score (nSPS) is 10.9. The van der Waals surface area contributed by atoms with Crippen LogP contribution in [0.25, 0.3) is 0 Å². The number of carbonyl (C=O) groups is 1. The number of nitrogens with one attached hydrogen (secondary N) is 1. The zero-order chi connectivity index (χ0) is 16.7. The van der Waals surface area contributed by atoms with Gasteiger partial charge in [-0.25, -0.2) is 13.1 Å². The molecule has 0 unspecified atom stereocenters. The van der Waals surface area contributed by atoms with Crippen LogP contribution in [0.4, 0.5) is 0 Å². The number of hydrogen-bond donors (Lipinski definition) is 1. The second-order valence-electron chi connectivity index (χ2n) is 4.55. The topological polar surface area (TPSA) is 96.3 Å². The second kappa shape index (κ2) is 7.87. The van der Waals surface area contributed by atoms with Gasteiger partial charge >= 0.3 is 5.97 Å². The Balaban J connectivity index is 1.74. The molecule has 0 aliphatic carbocycles. The minimum atomic E-state index is -3.56. The maximum Gasteiger partial charge on any atom is 0.307 e. The van der Waals surface area contributed by atoms with Crippen molar-refractivity contribution in [3.8, 4) is 6.07 Å². The molecular weight excluding hydrogens is 336 g/mol. The Bertz CT molecular complexity index is 791. The molecule has 1 N–H and O–H groups in total. The number of benzene rings is 1. The Labute approximate surface area is 138 Å². The summed E-state index contributed by atoms with van der Waals surface area (Å²) in [5.41, 5.74) is 1.29. The van der Waals surface area contributed by atoms with Crippen molar-refractivity contribution >= 4 is 27.3 Å². The van der Waals surface area contributed by atoms with Crippen LogP contribution in [0.1, 0.15) is 17.5 Å². The highest BCUT2D eigenvalue weighted by Crippen LogP contribution is 2.15. The first-order valence-corrected chi connectivity index (χ1v) is 9.05. The first kappa shape index (κ1) is 17.1. The zero-order valence-corrected chi connectivity index (χ0v) is 13.7.